The fourth-order valence-electron chi connectivity index (χ4n) is 3.13. The molecule has 0 aliphatic carbocycles. The Bertz CT molecular complexity index is 1480. The standard InChI is InChI=1S/C22H21Cl2F3N6O3S/c1-3-37(28,36)8-7-30-20(34)14-10-13(23)9-12(2)18(14)31-21(35)16-11-17(22(25,26)27)32-33(16)19-15(24)5-4-6-29-19/h4-6,8-11H,3,7H2,1-2H3,(H2,28,36)(H,30,34)(H,31,35). The molecule has 9 nitrogen and oxygen atoms in total. The van der Waals surface area contributed by atoms with Gasteiger partial charge in [0.05, 0.1) is 16.3 Å². The number of pyridine rings is 1. The van der Waals surface area contributed by atoms with Crippen LogP contribution < -0.4 is 15.8 Å². The van der Waals surface area contributed by atoms with Crippen molar-refractivity contribution >= 4 is 55.8 Å². The minimum atomic E-state index is -4.86. The molecule has 0 aliphatic rings. The summed E-state index contributed by atoms with van der Waals surface area (Å²) < 4.78 is 53.0. The molecule has 0 saturated heterocycles. The highest BCUT2D eigenvalue weighted by molar-refractivity contribution is 7.99. The summed E-state index contributed by atoms with van der Waals surface area (Å²) in [6.45, 7) is 3.03. The third-order valence-corrected chi connectivity index (χ3v) is 7.18. The zero-order valence-corrected chi connectivity index (χ0v) is 21.7. The summed E-state index contributed by atoms with van der Waals surface area (Å²) in [6, 6.07) is 6.11. The van der Waals surface area contributed by atoms with Gasteiger partial charge < -0.3 is 10.6 Å². The van der Waals surface area contributed by atoms with Crippen LogP contribution in [0.2, 0.25) is 10.0 Å². The number of amides is 2. The lowest BCUT2D eigenvalue weighted by Crippen LogP contribution is -2.30. The average molecular weight is 577 g/mol. The summed E-state index contributed by atoms with van der Waals surface area (Å²) in [6.07, 6.45) is -3.58. The molecular weight excluding hydrogens is 556 g/mol. The average Bonchev–Trinajstić information content (AvgIpc) is 3.26. The van der Waals surface area contributed by atoms with Gasteiger partial charge in [0, 0.05) is 44.7 Å². The Labute approximate surface area is 220 Å². The van der Waals surface area contributed by atoms with Crippen molar-refractivity contribution < 1.29 is 27.0 Å². The molecule has 37 heavy (non-hydrogen) atoms. The van der Waals surface area contributed by atoms with Gasteiger partial charge in [0.25, 0.3) is 11.8 Å². The van der Waals surface area contributed by atoms with Gasteiger partial charge in [0.1, 0.15) is 5.69 Å². The second kappa shape index (κ2) is 11.1. The molecule has 0 fully saturated rings. The highest BCUT2D eigenvalue weighted by atomic mass is 35.5. The van der Waals surface area contributed by atoms with Gasteiger partial charge in [-0.3, -0.25) is 18.9 Å². The Morgan fingerprint density at radius 2 is 1.92 bits per heavy atom. The molecule has 1 atom stereocenters. The number of hydrogen-bond donors (Lipinski definition) is 3. The zero-order chi connectivity index (χ0) is 27.5. The first-order valence-electron chi connectivity index (χ1n) is 10.5. The number of nitrogens with one attached hydrogen (secondary N) is 2. The molecule has 0 saturated carbocycles. The molecule has 0 bridgehead atoms. The Hall–Kier alpha value is -3.13. The minimum absolute atomic E-state index is 0.00991. The van der Waals surface area contributed by atoms with Crippen molar-refractivity contribution in [2.24, 2.45) is 5.14 Å². The molecule has 1 unspecified atom stereocenters. The molecule has 0 aliphatic heterocycles. The van der Waals surface area contributed by atoms with Crippen LogP contribution in [-0.2, 0) is 15.9 Å². The summed E-state index contributed by atoms with van der Waals surface area (Å²) >= 11 is 12.2. The van der Waals surface area contributed by atoms with Crippen molar-refractivity contribution in [3.63, 3.8) is 0 Å². The van der Waals surface area contributed by atoms with E-state index in [-0.39, 0.29) is 39.4 Å². The van der Waals surface area contributed by atoms with Crippen molar-refractivity contribution in [1.82, 2.24) is 20.1 Å². The maximum Gasteiger partial charge on any atom is 0.435 e. The molecule has 15 heteroatoms. The van der Waals surface area contributed by atoms with Gasteiger partial charge in [-0.1, -0.05) is 30.1 Å². The normalized spacial score (nSPS) is 13.1. The molecule has 3 aromatic rings. The maximum atomic E-state index is 13.4. The molecule has 2 amide bonds. The van der Waals surface area contributed by atoms with Crippen LogP contribution in [0.25, 0.3) is 5.82 Å². The predicted octanol–water partition coefficient (Wildman–Crippen LogP) is 3.86. The van der Waals surface area contributed by atoms with E-state index in [1.54, 1.807) is 13.8 Å². The lowest BCUT2D eigenvalue weighted by Gasteiger charge is -2.15. The highest BCUT2D eigenvalue weighted by Crippen LogP contribution is 2.31. The van der Waals surface area contributed by atoms with Gasteiger partial charge in [-0.05, 0) is 36.8 Å². The van der Waals surface area contributed by atoms with Crippen LogP contribution in [0, 0.1) is 6.92 Å². The summed E-state index contributed by atoms with van der Waals surface area (Å²) in [5.74, 6) is -1.74. The van der Waals surface area contributed by atoms with E-state index in [1.807, 2.05) is 0 Å². The first-order valence-corrected chi connectivity index (χ1v) is 13.1. The maximum absolute atomic E-state index is 13.4. The topological polar surface area (TPSA) is 132 Å². The Balaban J connectivity index is 2.02. The van der Waals surface area contributed by atoms with E-state index in [9.17, 15) is 27.0 Å². The summed E-state index contributed by atoms with van der Waals surface area (Å²) in [4.78, 5) is 30.0. The van der Waals surface area contributed by atoms with Gasteiger partial charge >= 0.3 is 6.18 Å². The van der Waals surface area contributed by atoms with E-state index < -0.39 is 39.1 Å². The third kappa shape index (κ3) is 6.80. The summed E-state index contributed by atoms with van der Waals surface area (Å²) in [5.41, 5.74) is -1.62. The number of aryl methyl sites for hydroxylation is 1. The zero-order valence-electron chi connectivity index (χ0n) is 19.4. The fraction of sp³-hybridized carbons (Fsp3) is 0.227. The number of carbonyl (C=O) groups is 2. The smallest absolute Gasteiger partial charge is 0.348 e. The number of carbonyl (C=O) groups excluding carboxylic acids is 2. The van der Waals surface area contributed by atoms with E-state index in [0.717, 1.165) is 0 Å². The number of benzene rings is 1. The van der Waals surface area contributed by atoms with Crippen LogP contribution in [0.15, 0.2) is 36.5 Å². The van der Waals surface area contributed by atoms with Gasteiger partial charge in [0.15, 0.2) is 11.5 Å². The number of nitrogens with two attached hydrogens (primary N) is 1. The molecule has 1 aromatic carbocycles. The number of alkyl halides is 3. The molecular formula is C22H21Cl2F3N6O3S. The summed E-state index contributed by atoms with van der Waals surface area (Å²) in [5, 5.41) is 15.4. The van der Waals surface area contributed by atoms with Gasteiger partial charge in [-0.25, -0.2) is 9.67 Å². The molecule has 0 spiro atoms. The van der Waals surface area contributed by atoms with E-state index in [4.69, 9.17) is 28.3 Å². The van der Waals surface area contributed by atoms with E-state index >= 15 is 0 Å². The van der Waals surface area contributed by atoms with Gasteiger partial charge in [-0.15, -0.1) is 0 Å². The van der Waals surface area contributed by atoms with Crippen LogP contribution in [0.1, 0.15) is 39.0 Å². The van der Waals surface area contributed by atoms with Crippen molar-refractivity contribution in [1.29, 1.82) is 0 Å². The third-order valence-electron chi connectivity index (χ3n) is 5.03. The van der Waals surface area contributed by atoms with Crippen LogP contribution >= 0.6 is 23.2 Å². The summed E-state index contributed by atoms with van der Waals surface area (Å²) in [7, 11) is -2.73. The number of halogens is 5. The van der Waals surface area contributed by atoms with Crippen LogP contribution in [0.5, 0.6) is 0 Å². The number of rotatable bonds is 7. The van der Waals surface area contributed by atoms with Crippen LogP contribution in [0.4, 0.5) is 18.9 Å². The molecule has 2 heterocycles. The monoisotopic (exact) mass is 576 g/mol. The predicted molar refractivity (Wildman–Crippen MR) is 137 cm³/mol. The Kier molecular flexibility index (Phi) is 8.52. The minimum Gasteiger partial charge on any atom is -0.348 e. The molecule has 198 valence electrons. The second-order valence-corrected chi connectivity index (χ2v) is 11.0. The number of aromatic nitrogens is 3. The quantitative estimate of drug-likeness (QED) is 0.367. The van der Waals surface area contributed by atoms with Crippen molar-refractivity contribution in [3.8, 4) is 5.82 Å². The molecule has 3 rings (SSSR count). The van der Waals surface area contributed by atoms with E-state index in [1.165, 1.54) is 35.8 Å². The van der Waals surface area contributed by atoms with Crippen LogP contribution in [-0.4, -0.2) is 48.5 Å². The number of hydrogen-bond acceptors (Lipinski definition) is 5. The number of anilines is 1. The fourth-order valence-corrected chi connectivity index (χ4v) is 4.21. The molecule has 0 radical (unpaired) electrons. The largest absolute Gasteiger partial charge is 0.435 e. The Morgan fingerprint density at radius 1 is 1.22 bits per heavy atom. The highest BCUT2D eigenvalue weighted by Gasteiger charge is 2.36. The lowest BCUT2D eigenvalue weighted by molar-refractivity contribution is -0.141. The SMILES string of the molecule is CCS(N)(=O)=CCNC(=O)c1cc(Cl)cc(C)c1NC(=O)c1cc(C(F)(F)F)nn1-c1ncccc1Cl. The lowest BCUT2D eigenvalue weighted by atomic mass is 10.1. The van der Waals surface area contributed by atoms with Crippen LogP contribution in [0.3, 0.4) is 0 Å². The van der Waals surface area contributed by atoms with Crippen molar-refractivity contribution in [2.75, 3.05) is 17.6 Å². The Morgan fingerprint density at radius 3 is 2.54 bits per heavy atom. The van der Waals surface area contributed by atoms with Gasteiger partial charge in [0.2, 0.25) is 0 Å². The van der Waals surface area contributed by atoms with E-state index in [2.05, 4.69) is 20.7 Å². The molecule has 2 aromatic heterocycles. The second-order valence-electron chi connectivity index (χ2n) is 7.68. The first-order chi connectivity index (χ1) is 17.2. The molecule has 4 N–H and O–H groups in total. The van der Waals surface area contributed by atoms with Gasteiger partial charge in [-0.2, -0.15) is 18.3 Å². The van der Waals surface area contributed by atoms with Crippen molar-refractivity contribution in [2.45, 2.75) is 20.0 Å². The van der Waals surface area contributed by atoms with E-state index in [0.29, 0.717) is 16.3 Å². The van der Waals surface area contributed by atoms with Crippen molar-refractivity contribution in [3.05, 3.63) is 69.1 Å². The number of nitrogens with zero attached hydrogens (tertiary/aromatic N) is 3. The first kappa shape index (κ1) is 28.4.